The average Bonchev–Trinajstić information content (AvgIpc) is 2.78. The van der Waals surface area contributed by atoms with Crippen molar-refractivity contribution in [2.75, 3.05) is 6.54 Å². The number of ether oxygens (including phenoxy) is 2. The van der Waals surface area contributed by atoms with Gasteiger partial charge >= 0.3 is 12.1 Å². The lowest BCUT2D eigenvalue weighted by Crippen LogP contribution is -2.35. The van der Waals surface area contributed by atoms with Gasteiger partial charge in [-0.1, -0.05) is 50.1 Å². The van der Waals surface area contributed by atoms with E-state index in [0.29, 0.717) is 12.8 Å². The number of esters is 1. The summed E-state index contributed by atoms with van der Waals surface area (Å²) in [5.41, 5.74) is 0.728. The molecule has 2 aromatic carbocycles. The first-order valence-corrected chi connectivity index (χ1v) is 9.43. The van der Waals surface area contributed by atoms with E-state index in [9.17, 15) is 31.5 Å². The number of benzene rings is 2. The second-order valence-corrected chi connectivity index (χ2v) is 6.60. The second-order valence-electron chi connectivity index (χ2n) is 6.60. The summed E-state index contributed by atoms with van der Waals surface area (Å²) in [6, 6.07) is 8.77. The van der Waals surface area contributed by atoms with Crippen LogP contribution < -0.4 is 10.1 Å². The zero-order chi connectivity index (χ0) is 23.0. The van der Waals surface area contributed by atoms with E-state index < -0.39 is 52.8 Å². The van der Waals surface area contributed by atoms with Crippen molar-refractivity contribution in [1.29, 1.82) is 0 Å². The van der Waals surface area contributed by atoms with Crippen LogP contribution in [0.1, 0.15) is 31.7 Å². The predicted molar refractivity (Wildman–Crippen MR) is 99.5 cm³/mol. The van der Waals surface area contributed by atoms with E-state index in [1.165, 1.54) is 0 Å². The van der Waals surface area contributed by atoms with E-state index in [1.54, 1.807) is 30.3 Å². The van der Waals surface area contributed by atoms with Gasteiger partial charge in [-0.05, 0) is 12.0 Å². The molecule has 0 saturated carbocycles. The molecule has 1 amide bonds. The number of unbranched alkanes of at least 4 members (excludes halogenated alkanes) is 1. The molecule has 168 valence electrons. The molecule has 1 N–H and O–H groups in total. The van der Waals surface area contributed by atoms with Gasteiger partial charge < -0.3 is 14.8 Å². The monoisotopic (exact) mass is 445 g/mol. The van der Waals surface area contributed by atoms with Gasteiger partial charge in [0.15, 0.2) is 0 Å². The van der Waals surface area contributed by atoms with Gasteiger partial charge in [-0.15, -0.1) is 0 Å². The summed E-state index contributed by atoms with van der Waals surface area (Å²) in [5, 5.41) is 2.33. The number of alkyl carbamates (subject to hydrolysis) is 1. The molecule has 31 heavy (non-hydrogen) atoms. The predicted octanol–water partition coefficient (Wildman–Crippen LogP) is 5.02. The van der Waals surface area contributed by atoms with Crippen molar-refractivity contribution in [2.24, 2.45) is 5.92 Å². The molecular formula is C21H20F5NO4. The molecule has 0 bridgehead atoms. The van der Waals surface area contributed by atoms with Gasteiger partial charge in [0.1, 0.15) is 6.61 Å². The lowest BCUT2D eigenvalue weighted by molar-refractivity contribution is -0.139. The molecule has 5 nitrogen and oxygen atoms in total. The van der Waals surface area contributed by atoms with Gasteiger partial charge in [-0.2, -0.15) is 8.78 Å². The Morgan fingerprint density at radius 3 is 2.10 bits per heavy atom. The van der Waals surface area contributed by atoms with E-state index >= 15 is 0 Å². The van der Waals surface area contributed by atoms with Gasteiger partial charge in [0, 0.05) is 6.54 Å². The molecule has 0 aliphatic carbocycles. The SMILES string of the molecule is CCCCC(CNC(=O)OCc1ccccc1)C(=O)Oc1c(F)c(F)c(F)c(F)c1F. The zero-order valence-corrected chi connectivity index (χ0v) is 16.5. The maximum atomic E-state index is 13.8. The molecule has 1 atom stereocenters. The Balaban J connectivity index is 2.03. The summed E-state index contributed by atoms with van der Waals surface area (Å²) in [5.74, 6) is -15.4. The first-order chi connectivity index (χ1) is 14.8. The third kappa shape index (κ3) is 6.40. The van der Waals surface area contributed by atoms with Crippen molar-refractivity contribution < 1.29 is 41.0 Å². The molecule has 10 heteroatoms. The van der Waals surface area contributed by atoms with Gasteiger partial charge in [0.25, 0.3) is 0 Å². The summed E-state index contributed by atoms with van der Waals surface area (Å²) in [4.78, 5) is 24.2. The van der Waals surface area contributed by atoms with Crippen molar-refractivity contribution in [3.63, 3.8) is 0 Å². The van der Waals surface area contributed by atoms with E-state index in [4.69, 9.17) is 4.74 Å². The topological polar surface area (TPSA) is 64.6 Å². The molecule has 0 saturated heterocycles. The molecular weight excluding hydrogens is 425 g/mol. The summed E-state index contributed by atoms with van der Waals surface area (Å²) in [7, 11) is 0. The number of hydrogen-bond acceptors (Lipinski definition) is 4. The van der Waals surface area contributed by atoms with Crippen LogP contribution in [-0.2, 0) is 16.1 Å². The first kappa shape index (κ1) is 24.1. The minimum absolute atomic E-state index is 0.0265. The first-order valence-electron chi connectivity index (χ1n) is 9.43. The molecule has 2 rings (SSSR count). The molecule has 2 aromatic rings. The molecule has 0 spiro atoms. The van der Waals surface area contributed by atoms with Crippen LogP contribution >= 0.6 is 0 Å². The highest BCUT2D eigenvalue weighted by Gasteiger charge is 2.30. The molecule has 1 unspecified atom stereocenters. The molecule has 0 aliphatic rings. The number of halogens is 5. The highest BCUT2D eigenvalue weighted by Crippen LogP contribution is 2.30. The van der Waals surface area contributed by atoms with Crippen molar-refractivity contribution in [3.8, 4) is 5.75 Å². The summed E-state index contributed by atoms with van der Waals surface area (Å²) < 4.78 is 76.8. The van der Waals surface area contributed by atoms with E-state index in [2.05, 4.69) is 10.1 Å². The summed E-state index contributed by atoms with van der Waals surface area (Å²) >= 11 is 0. The largest absolute Gasteiger partial charge is 0.445 e. The Bertz CT molecular complexity index is 895. The maximum absolute atomic E-state index is 13.8. The third-order valence-corrected chi connectivity index (χ3v) is 4.32. The van der Waals surface area contributed by atoms with E-state index in [0.717, 1.165) is 5.56 Å². The smallest absolute Gasteiger partial charge is 0.407 e. The minimum Gasteiger partial charge on any atom is -0.445 e. The number of nitrogens with one attached hydrogen (secondary N) is 1. The lowest BCUT2D eigenvalue weighted by Gasteiger charge is -2.17. The fourth-order valence-corrected chi connectivity index (χ4v) is 2.59. The zero-order valence-electron chi connectivity index (χ0n) is 16.5. The van der Waals surface area contributed by atoms with Crippen molar-refractivity contribution in [1.82, 2.24) is 5.32 Å². The van der Waals surface area contributed by atoms with Crippen LogP contribution in [0, 0.1) is 35.0 Å². The molecule has 0 heterocycles. The summed E-state index contributed by atoms with van der Waals surface area (Å²) in [6.07, 6.45) is 0.417. The fourth-order valence-electron chi connectivity index (χ4n) is 2.59. The highest BCUT2D eigenvalue weighted by molar-refractivity contribution is 5.76. The molecule has 0 fully saturated rings. The van der Waals surface area contributed by atoms with Crippen LogP contribution in [0.25, 0.3) is 0 Å². The standard InChI is InChI=1S/C21H20F5NO4/c1-2-3-9-13(10-27-21(29)30-11-12-7-5-4-6-8-12)20(28)31-19-17(25)15(23)14(22)16(24)18(19)26/h4-8,13H,2-3,9-11H2,1H3,(H,27,29). The fraction of sp³-hybridized carbons (Fsp3) is 0.333. The number of amides is 1. The molecule has 0 aromatic heterocycles. The second kappa shape index (κ2) is 11.3. The normalized spacial score (nSPS) is 11.7. The van der Waals surface area contributed by atoms with Crippen molar-refractivity contribution >= 4 is 12.1 Å². The Morgan fingerprint density at radius 2 is 1.52 bits per heavy atom. The van der Waals surface area contributed by atoms with Gasteiger partial charge in [0.05, 0.1) is 5.92 Å². The van der Waals surface area contributed by atoms with Gasteiger partial charge in [-0.25, -0.2) is 18.0 Å². The minimum atomic E-state index is -2.36. The highest BCUT2D eigenvalue weighted by atomic mass is 19.2. The third-order valence-electron chi connectivity index (χ3n) is 4.32. The Labute approximate surface area is 175 Å². The summed E-state index contributed by atoms with van der Waals surface area (Å²) in [6.45, 7) is 1.47. The Morgan fingerprint density at radius 1 is 0.935 bits per heavy atom. The Hall–Kier alpha value is -3.17. The van der Waals surface area contributed by atoms with Gasteiger partial charge in [-0.3, -0.25) is 4.79 Å². The van der Waals surface area contributed by atoms with E-state index in [-0.39, 0.29) is 19.6 Å². The molecule has 0 radical (unpaired) electrons. The Kier molecular flexibility index (Phi) is 8.77. The lowest BCUT2D eigenvalue weighted by atomic mass is 10.0. The van der Waals surface area contributed by atoms with Crippen LogP contribution in [0.4, 0.5) is 26.7 Å². The van der Waals surface area contributed by atoms with Crippen LogP contribution in [-0.4, -0.2) is 18.6 Å². The van der Waals surface area contributed by atoms with Crippen molar-refractivity contribution in [3.05, 3.63) is 65.0 Å². The van der Waals surface area contributed by atoms with Crippen LogP contribution in [0.3, 0.4) is 0 Å². The van der Waals surface area contributed by atoms with Crippen molar-refractivity contribution in [2.45, 2.75) is 32.8 Å². The number of carbonyl (C=O) groups is 2. The van der Waals surface area contributed by atoms with Crippen LogP contribution in [0.2, 0.25) is 0 Å². The number of carbonyl (C=O) groups excluding carboxylic acids is 2. The number of hydrogen-bond donors (Lipinski definition) is 1. The number of rotatable bonds is 9. The van der Waals surface area contributed by atoms with Gasteiger partial charge in [0.2, 0.25) is 34.8 Å². The maximum Gasteiger partial charge on any atom is 0.407 e. The van der Waals surface area contributed by atoms with Crippen LogP contribution in [0.15, 0.2) is 30.3 Å². The molecule has 0 aliphatic heterocycles. The van der Waals surface area contributed by atoms with E-state index in [1.807, 2.05) is 6.92 Å². The average molecular weight is 445 g/mol. The van der Waals surface area contributed by atoms with Crippen LogP contribution in [0.5, 0.6) is 5.75 Å². The quantitative estimate of drug-likeness (QED) is 0.194.